The molecule has 1 aliphatic carbocycles. The second kappa shape index (κ2) is 12.5. The maximum atomic E-state index is 13.7. The summed E-state index contributed by atoms with van der Waals surface area (Å²) in [6, 6.07) is 10.1. The van der Waals surface area contributed by atoms with Gasteiger partial charge in [0.15, 0.2) is 11.5 Å². The molecule has 1 fully saturated rings. The van der Waals surface area contributed by atoms with Crippen LogP contribution in [0.4, 0.5) is 10.1 Å². The molecule has 1 aliphatic rings. The van der Waals surface area contributed by atoms with Crippen molar-refractivity contribution in [1.29, 1.82) is 0 Å². The van der Waals surface area contributed by atoms with Crippen LogP contribution in [-0.2, 0) is 16.1 Å². The summed E-state index contributed by atoms with van der Waals surface area (Å²) in [6.45, 7) is 1.70. The Hall–Kier alpha value is -4.02. The smallest absolute Gasteiger partial charge is 0.251 e. The summed E-state index contributed by atoms with van der Waals surface area (Å²) in [4.78, 5) is 29.7. The van der Waals surface area contributed by atoms with Crippen molar-refractivity contribution < 1.29 is 23.5 Å². The number of ether oxygens (including phenoxy) is 2. The van der Waals surface area contributed by atoms with Crippen LogP contribution in [0.1, 0.15) is 45.4 Å². The first-order valence-electron chi connectivity index (χ1n) is 12.8. The molecule has 1 heterocycles. The van der Waals surface area contributed by atoms with Crippen molar-refractivity contribution in [1.82, 2.24) is 25.5 Å². The summed E-state index contributed by atoms with van der Waals surface area (Å²) >= 11 is 0. The molecule has 38 heavy (non-hydrogen) atoms. The Morgan fingerprint density at radius 2 is 1.82 bits per heavy atom. The molecule has 3 aromatic rings. The molecule has 1 saturated carbocycles. The SMILES string of the molecule is CCC[C@@H](C(=O)NC1CCCC1)N(C(=O)Cn1nnc(-c2ccc(OC)c(OC)c2)n1)c1ccc(F)cc1. The van der Waals surface area contributed by atoms with Gasteiger partial charge in [0.1, 0.15) is 18.4 Å². The van der Waals surface area contributed by atoms with Crippen LogP contribution in [-0.4, -0.2) is 58.3 Å². The highest BCUT2D eigenvalue weighted by Gasteiger charge is 2.32. The molecule has 0 aliphatic heterocycles. The van der Waals surface area contributed by atoms with E-state index < -0.39 is 17.8 Å². The van der Waals surface area contributed by atoms with Gasteiger partial charge in [-0.15, -0.1) is 10.2 Å². The van der Waals surface area contributed by atoms with Crippen LogP contribution in [0.3, 0.4) is 0 Å². The van der Waals surface area contributed by atoms with Gasteiger partial charge in [-0.25, -0.2) is 4.39 Å². The quantitative estimate of drug-likeness (QED) is 0.407. The lowest BCUT2D eigenvalue weighted by Gasteiger charge is -2.31. The van der Waals surface area contributed by atoms with Crippen molar-refractivity contribution in [3.05, 3.63) is 48.3 Å². The number of amides is 2. The van der Waals surface area contributed by atoms with E-state index in [9.17, 15) is 14.0 Å². The number of anilines is 1. The van der Waals surface area contributed by atoms with Gasteiger partial charge in [0.05, 0.1) is 14.2 Å². The van der Waals surface area contributed by atoms with Gasteiger partial charge in [0.25, 0.3) is 5.91 Å². The van der Waals surface area contributed by atoms with Gasteiger partial charge in [-0.05, 0) is 66.9 Å². The molecule has 1 N–H and O–H groups in total. The van der Waals surface area contributed by atoms with Crippen molar-refractivity contribution in [2.45, 2.75) is 64.1 Å². The lowest BCUT2D eigenvalue weighted by atomic mass is 10.1. The van der Waals surface area contributed by atoms with E-state index >= 15 is 0 Å². The van der Waals surface area contributed by atoms with Crippen molar-refractivity contribution in [3.63, 3.8) is 0 Å². The zero-order valence-corrected chi connectivity index (χ0v) is 21.9. The van der Waals surface area contributed by atoms with Gasteiger partial charge in [-0.3, -0.25) is 14.5 Å². The zero-order chi connectivity index (χ0) is 27.1. The molecule has 0 radical (unpaired) electrons. The van der Waals surface area contributed by atoms with Crippen molar-refractivity contribution >= 4 is 17.5 Å². The number of nitrogens with one attached hydrogen (secondary N) is 1. The normalized spacial score (nSPS) is 14.2. The lowest BCUT2D eigenvalue weighted by Crippen LogP contribution is -2.52. The molecule has 4 rings (SSSR count). The van der Waals surface area contributed by atoms with Crippen molar-refractivity contribution in [3.8, 4) is 22.9 Å². The van der Waals surface area contributed by atoms with Crippen LogP contribution < -0.4 is 19.7 Å². The van der Waals surface area contributed by atoms with Gasteiger partial charge in [-0.2, -0.15) is 4.80 Å². The first-order chi connectivity index (χ1) is 18.4. The molecule has 1 aromatic heterocycles. The minimum absolute atomic E-state index is 0.105. The van der Waals surface area contributed by atoms with E-state index in [0.717, 1.165) is 25.7 Å². The van der Waals surface area contributed by atoms with Crippen LogP contribution in [0.5, 0.6) is 11.5 Å². The van der Waals surface area contributed by atoms with Crippen molar-refractivity contribution in [2.24, 2.45) is 0 Å². The fourth-order valence-corrected chi connectivity index (χ4v) is 4.72. The standard InChI is InChI=1S/C27H33FN6O4/c1-4-7-22(27(36)29-20-8-5-6-9-20)34(21-13-11-19(28)12-14-21)25(35)17-33-31-26(30-32-33)18-10-15-23(37-2)24(16-18)38-3/h10-16,20,22H,4-9,17H2,1-3H3,(H,29,36)/t22-/m0/s1. The summed E-state index contributed by atoms with van der Waals surface area (Å²) in [6.07, 6.45) is 5.13. The third-order valence-corrected chi connectivity index (χ3v) is 6.62. The maximum Gasteiger partial charge on any atom is 0.251 e. The van der Waals surface area contributed by atoms with Gasteiger partial charge in [0.2, 0.25) is 11.7 Å². The van der Waals surface area contributed by atoms with E-state index in [1.54, 1.807) is 25.3 Å². The molecule has 10 nitrogen and oxygen atoms in total. The van der Waals surface area contributed by atoms with E-state index in [0.29, 0.717) is 41.4 Å². The Balaban J connectivity index is 1.59. The van der Waals surface area contributed by atoms with Crippen molar-refractivity contribution in [2.75, 3.05) is 19.1 Å². The maximum absolute atomic E-state index is 13.7. The first kappa shape index (κ1) is 27.0. The van der Waals surface area contributed by atoms with Crippen LogP contribution in [0.15, 0.2) is 42.5 Å². The largest absolute Gasteiger partial charge is 0.493 e. The molecule has 0 saturated heterocycles. The second-order valence-corrected chi connectivity index (χ2v) is 9.25. The number of halogens is 1. The number of hydrogen-bond donors (Lipinski definition) is 1. The lowest BCUT2D eigenvalue weighted by molar-refractivity contribution is -0.127. The highest BCUT2D eigenvalue weighted by atomic mass is 19.1. The monoisotopic (exact) mass is 524 g/mol. The number of rotatable bonds is 11. The molecule has 202 valence electrons. The molecule has 2 aromatic carbocycles. The summed E-state index contributed by atoms with van der Waals surface area (Å²) < 4.78 is 24.3. The number of tetrazole rings is 1. The minimum atomic E-state index is -0.757. The fraction of sp³-hybridized carbons (Fsp3) is 0.444. The summed E-state index contributed by atoms with van der Waals surface area (Å²) in [7, 11) is 3.08. The van der Waals surface area contributed by atoms with E-state index in [1.165, 1.54) is 41.1 Å². The Morgan fingerprint density at radius 3 is 2.47 bits per heavy atom. The molecule has 2 amide bonds. The first-order valence-corrected chi connectivity index (χ1v) is 12.8. The summed E-state index contributed by atoms with van der Waals surface area (Å²) in [5.41, 5.74) is 1.06. The van der Waals surface area contributed by atoms with E-state index in [-0.39, 0.29) is 18.5 Å². The topological polar surface area (TPSA) is 111 Å². The second-order valence-electron chi connectivity index (χ2n) is 9.25. The fourth-order valence-electron chi connectivity index (χ4n) is 4.72. The van der Waals surface area contributed by atoms with E-state index in [4.69, 9.17) is 9.47 Å². The van der Waals surface area contributed by atoms with E-state index in [1.807, 2.05) is 6.92 Å². The number of benzene rings is 2. The minimum Gasteiger partial charge on any atom is -0.493 e. The molecule has 1 atom stereocenters. The molecule has 0 spiro atoms. The number of aromatic nitrogens is 4. The van der Waals surface area contributed by atoms with Gasteiger partial charge < -0.3 is 14.8 Å². The molecular formula is C27H33FN6O4. The predicted molar refractivity (Wildman–Crippen MR) is 139 cm³/mol. The van der Waals surface area contributed by atoms with Crippen LogP contribution >= 0.6 is 0 Å². The Labute approximate surface area is 221 Å². The Kier molecular flexibility index (Phi) is 8.88. The summed E-state index contributed by atoms with van der Waals surface area (Å²) in [5, 5.41) is 15.6. The molecular weight excluding hydrogens is 491 g/mol. The number of methoxy groups -OCH3 is 2. The average Bonchev–Trinajstić information content (AvgIpc) is 3.61. The number of carbonyl (C=O) groups is 2. The van der Waals surface area contributed by atoms with E-state index in [2.05, 4.69) is 20.7 Å². The van der Waals surface area contributed by atoms with Crippen LogP contribution in [0.25, 0.3) is 11.4 Å². The Morgan fingerprint density at radius 1 is 1.11 bits per heavy atom. The average molecular weight is 525 g/mol. The number of nitrogens with zero attached hydrogens (tertiary/aromatic N) is 5. The highest BCUT2D eigenvalue weighted by Crippen LogP contribution is 2.31. The third-order valence-electron chi connectivity index (χ3n) is 6.62. The highest BCUT2D eigenvalue weighted by molar-refractivity contribution is 6.00. The third kappa shape index (κ3) is 6.27. The zero-order valence-electron chi connectivity index (χ0n) is 21.9. The van der Waals surface area contributed by atoms with Gasteiger partial charge in [-0.1, -0.05) is 26.2 Å². The molecule has 0 bridgehead atoms. The van der Waals surface area contributed by atoms with Crippen LogP contribution in [0, 0.1) is 5.82 Å². The molecule has 11 heteroatoms. The summed E-state index contributed by atoms with van der Waals surface area (Å²) in [5.74, 6) is 0.321. The number of carbonyl (C=O) groups excluding carboxylic acids is 2. The van der Waals surface area contributed by atoms with Gasteiger partial charge in [0, 0.05) is 17.3 Å². The predicted octanol–water partition coefficient (Wildman–Crippen LogP) is 3.76. The van der Waals surface area contributed by atoms with Gasteiger partial charge >= 0.3 is 0 Å². The Bertz CT molecular complexity index is 1240. The van der Waals surface area contributed by atoms with Crippen LogP contribution in [0.2, 0.25) is 0 Å². The number of hydrogen-bond acceptors (Lipinski definition) is 7. The molecule has 0 unspecified atom stereocenters.